The van der Waals surface area contributed by atoms with Crippen LogP contribution in [0.2, 0.25) is 0 Å². The number of carbonyl (C=O) groups excluding carboxylic acids is 1. The van der Waals surface area contributed by atoms with Gasteiger partial charge in [0, 0.05) is 18.2 Å². The summed E-state index contributed by atoms with van der Waals surface area (Å²) in [7, 11) is 0. The molecule has 7 nitrogen and oxygen atoms in total. The fourth-order valence-electron chi connectivity index (χ4n) is 2.18. The Morgan fingerprint density at radius 2 is 1.79 bits per heavy atom. The van der Waals surface area contributed by atoms with Crippen molar-refractivity contribution in [2.75, 3.05) is 11.1 Å². The molecule has 0 bridgehead atoms. The zero-order chi connectivity index (χ0) is 16.9. The van der Waals surface area contributed by atoms with Crippen LogP contribution in [0.3, 0.4) is 0 Å². The molecule has 7 heteroatoms. The largest absolute Gasteiger partial charge is 0.380 e. The number of aromatic nitrogens is 2. The molecule has 0 saturated heterocycles. The van der Waals surface area contributed by atoms with E-state index in [1.807, 2.05) is 42.5 Å². The normalized spacial score (nSPS) is 10.9. The van der Waals surface area contributed by atoms with Crippen molar-refractivity contribution >= 4 is 28.8 Å². The van der Waals surface area contributed by atoms with E-state index in [1.54, 1.807) is 12.1 Å². The van der Waals surface area contributed by atoms with Gasteiger partial charge in [0.2, 0.25) is 5.91 Å². The van der Waals surface area contributed by atoms with E-state index in [0.717, 1.165) is 11.3 Å². The number of nitrogens with zero attached hydrogens (tertiary/aromatic N) is 3. The van der Waals surface area contributed by atoms with Gasteiger partial charge in [0.25, 0.3) is 0 Å². The molecule has 0 atom stereocenters. The minimum Gasteiger partial charge on any atom is -0.380 e. The molecule has 4 N–H and O–H groups in total. The number of benzene rings is 2. The number of aromatic amines is 1. The van der Waals surface area contributed by atoms with Gasteiger partial charge in [-0.25, -0.2) is 0 Å². The molecule has 120 valence electrons. The van der Waals surface area contributed by atoms with Gasteiger partial charge in [-0.1, -0.05) is 30.3 Å². The topological polar surface area (TPSA) is 109 Å². The molecule has 0 radical (unpaired) electrons. The second-order valence-corrected chi connectivity index (χ2v) is 5.13. The van der Waals surface area contributed by atoms with Crippen LogP contribution in [-0.2, 0) is 4.79 Å². The van der Waals surface area contributed by atoms with E-state index in [1.165, 1.54) is 6.92 Å². The molecule has 1 aromatic heterocycles. The molecule has 24 heavy (non-hydrogen) atoms. The number of H-pyrrole nitrogens is 1. The number of hydrogen-bond donors (Lipinski definition) is 3. The van der Waals surface area contributed by atoms with Crippen LogP contribution >= 0.6 is 0 Å². The van der Waals surface area contributed by atoms with E-state index in [0.29, 0.717) is 17.1 Å². The van der Waals surface area contributed by atoms with Crippen molar-refractivity contribution in [1.29, 1.82) is 0 Å². The Labute approximate surface area is 138 Å². The van der Waals surface area contributed by atoms with E-state index in [4.69, 9.17) is 5.73 Å². The fourth-order valence-corrected chi connectivity index (χ4v) is 2.18. The van der Waals surface area contributed by atoms with Crippen LogP contribution in [0.25, 0.3) is 11.3 Å². The number of amides is 1. The maximum absolute atomic E-state index is 11.1. The lowest BCUT2D eigenvalue weighted by molar-refractivity contribution is -0.114. The Morgan fingerprint density at radius 1 is 1.08 bits per heavy atom. The highest BCUT2D eigenvalue weighted by atomic mass is 16.1. The maximum Gasteiger partial charge on any atom is 0.221 e. The Hall–Kier alpha value is -3.48. The van der Waals surface area contributed by atoms with E-state index in [2.05, 4.69) is 25.7 Å². The fraction of sp³-hybridized carbons (Fsp3) is 0.0588. The van der Waals surface area contributed by atoms with Crippen molar-refractivity contribution in [1.82, 2.24) is 10.2 Å². The van der Waals surface area contributed by atoms with Crippen molar-refractivity contribution < 1.29 is 4.79 Å². The molecule has 0 saturated carbocycles. The lowest BCUT2D eigenvalue weighted by atomic mass is 10.1. The third kappa shape index (κ3) is 3.46. The summed E-state index contributed by atoms with van der Waals surface area (Å²) in [6.07, 6.45) is 0. The minimum atomic E-state index is -0.120. The molecule has 1 heterocycles. The molecule has 0 aliphatic heterocycles. The van der Waals surface area contributed by atoms with Gasteiger partial charge in [-0.05, 0) is 24.3 Å². The zero-order valence-corrected chi connectivity index (χ0v) is 13.0. The standard InChI is InChI=1S/C17H16N6O/c1-11(24)19-13-9-7-12(8-10-13)15-16(17(18)23-21-15)22-20-14-5-3-2-4-6-14/h2-10H,1H3,(H,19,24)(H3,18,21,23). The zero-order valence-electron chi connectivity index (χ0n) is 13.0. The van der Waals surface area contributed by atoms with Gasteiger partial charge in [-0.2, -0.15) is 10.2 Å². The molecule has 0 aliphatic rings. The number of nitrogens with one attached hydrogen (secondary N) is 2. The Balaban J connectivity index is 1.89. The molecule has 3 rings (SSSR count). The number of azo groups is 1. The third-order valence-corrected chi connectivity index (χ3v) is 3.28. The van der Waals surface area contributed by atoms with Crippen LogP contribution in [-0.4, -0.2) is 16.1 Å². The first-order valence-corrected chi connectivity index (χ1v) is 7.32. The van der Waals surface area contributed by atoms with Gasteiger partial charge in [0.05, 0.1) is 11.4 Å². The van der Waals surface area contributed by atoms with E-state index in [9.17, 15) is 4.79 Å². The number of hydrogen-bond acceptors (Lipinski definition) is 5. The van der Waals surface area contributed by atoms with Crippen molar-refractivity contribution in [3.8, 4) is 11.3 Å². The van der Waals surface area contributed by atoms with Crippen molar-refractivity contribution in [3.63, 3.8) is 0 Å². The Bertz CT molecular complexity index is 868. The molecule has 0 aliphatic carbocycles. The summed E-state index contributed by atoms with van der Waals surface area (Å²) in [5.41, 5.74) is 9.32. The summed E-state index contributed by atoms with van der Waals surface area (Å²) in [6, 6.07) is 16.7. The molecule has 3 aromatic rings. The van der Waals surface area contributed by atoms with Gasteiger partial charge in [-0.15, -0.1) is 5.11 Å². The van der Waals surface area contributed by atoms with Gasteiger partial charge in [0.1, 0.15) is 0 Å². The SMILES string of the molecule is CC(=O)Nc1ccc(-c2[nH]nc(N)c2N=Nc2ccccc2)cc1. The summed E-state index contributed by atoms with van der Waals surface area (Å²) < 4.78 is 0. The molecule has 0 spiro atoms. The molecular weight excluding hydrogens is 304 g/mol. The highest BCUT2D eigenvalue weighted by Crippen LogP contribution is 2.34. The van der Waals surface area contributed by atoms with Crippen molar-refractivity contribution in [2.45, 2.75) is 6.92 Å². The summed E-state index contributed by atoms with van der Waals surface area (Å²) in [5.74, 6) is 0.154. The monoisotopic (exact) mass is 320 g/mol. The molecule has 0 fully saturated rings. The Morgan fingerprint density at radius 3 is 2.46 bits per heavy atom. The van der Waals surface area contributed by atoms with Crippen LogP contribution in [0.5, 0.6) is 0 Å². The first kappa shape index (κ1) is 15.4. The van der Waals surface area contributed by atoms with Crippen LogP contribution < -0.4 is 11.1 Å². The van der Waals surface area contributed by atoms with Gasteiger partial charge in [-0.3, -0.25) is 9.89 Å². The maximum atomic E-state index is 11.1. The quantitative estimate of drug-likeness (QED) is 0.631. The highest BCUT2D eigenvalue weighted by Gasteiger charge is 2.12. The number of nitrogen functional groups attached to an aromatic ring is 1. The van der Waals surface area contributed by atoms with Crippen LogP contribution in [0.1, 0.15) is 6.92 Å². The predicted molar refractivity (Wildman–Crippen MR) is 93.4 cm³/mol. The molecular formula is C17H16N6O. The molecule has 2 aromatic carbocycles. The average Bonchev–Trinajstić information content (AvgIpc) is 2.95. The van der Waals surface area contributed by atoms with Crippen molar-refractivity contribution in [2.24, 2.45) is 10.2 Å². The van der Waals surface area contributed by atoms with Gasteiger partial charge in [0.15, 0.2) is 11.5 Å². The second kappa shape index (κ2) is 6.74. The van der Waals surface area contributed by atoms with Gasteiger partial charge >= 0.3 is 0 Å². The van der Waals surface area contributed by atoms with Gasteiger partial charge < -0.3 is 11.1 Å². The summed E-state index contributed by atoms with van der Waals surface area (Å²) >= 11 is 0. The molecule has 1 amide bonds. The number of carbonyl (C=O) groups is 1. The smallest absolute Gasteiger partial charge is 0.221 e. The average molecular weight is 320 g/mol. The lowest BCUT2D eigenvalue weighted by Crippen LogP contribution is -2.05. The predicted octanol–water partition coefficient (Wildman–Crippen LogP) is 4.03. The summed E-state index contributed by atoms with van der Waals surface area (Å²) in [4.78, 5) is 11.1. The van der Waals surface area contributed by atoms with Crippen LogP contribution in [0.15, 0.2) is 64.8 Å². The number of anilines is 2. The second-order valence-electron chi connectivity index (χ2n) is 5.13. The minimum absolute atomic E-state index is 0.120. The van der Waals surface area contributed by atoms with E-state index >= 15 is 0 Å². The van der Waals surface area contributed by atoms with E-state index in [-0.39, 0.29) is 11.7 Å². The first-order valence-electron chi connectivity index (χ1n) is 7.32. The summed E-state index contributed by atoms with van der Waals surface area (Å²) in [5, 5.41) is 18.0. The molecule has 0 unspecified atom stereocenters. The Kier molecular flexibility index (Phi) is 4.33. The van der Waals surface area contributed by atoms with Crippen LogP contribution in [0, 0.1) is 0 Å². The lowest BCUT2D eigenvalue weighted by Gasteiger charge is -2.04. The highest BCUT2D eigenvalue weighted by molar-refractivity contribution is 5.89. The third-order valence-electron chi connectivity index (χ3n) is 3.28. The van der Waals surface area contributed by atoms with E-state index < -0.39 is 0 Å². The number of rotatable bonds is 4. The van der Waals surface area contributed by atoms with Crippen LogP contribution in [0.4, 0.5) is 22.9 Å². The first-order chi connectivity index (χ1) is 11.6. The van der Waals surface area contributed by atoms with Crippen molar-refractivity contribution in [3.05, 3.63) is 54.6 Å². The number of nitrogens with two attached hydrogens (primary N) is 1. The summed E-state index contributed by atoms with van der Waals surface area (Å²) in [6.45, 7) is 1.46.